The number of nitrogens with zero attached hydrogens (tertiary/aromatic N) is 1. The first-order valence-corrected chi connectivity index (χ1v) is 10.0. The molecule has 1 atom stereocenters. The molecule has 4 N–H and O–H groups in total. The lowest BCUT2D eigenvalue weighted by atomic mass is 9.81. The SMILES string of the molecule is N=c1[nH]cnc2c1C(c1cccc(N)c1)c1c(cc(F)c(-c3ccccc3C(F)(F)F)c1F)O2. The number of hydrogen-bond donors (Lipinski definition) is 3. The van der Waals surface area contributed by atoms with Crippen molar-refractivity contribution < 1.29 is 26.7 Å². The van der Waals surface area contributed by atoms with Gasteiger partial charge in [0.1, 0.15) is 22.9 Å². The highest BCUT2D eigenvalue weighted by Gasteiger charge is 2.39. The second-order valence-corrected chi connectivity index (χ2v) is 7.70. The maximum atomic E-state index is 16.1. The van der Waals surface area contributed by atoms with Gasteiger partial charge in [-0.05, 0) is 29.3 Å². The van der Waals surface area contributed by atoms with E-state index in [4.69, 9.17) is 15.9 Å². The Morgan fingerprint density at radius 1 is 1.00 bits per heavy atom. The van der Waals surface area contributed by atoms with Crippen molar-refractivity contribution in [2.24, 2.45) is 0 Å². The summed E-state index contributed by atoms with van der Waals surface area (Å²) < 4.78 is 77.9. The van der Waals surface area contributed by atoms with Crippen molar-refractivity contribution in [2.75, 3.05) is 5.73 Å². The van der Waals surface area contributed by atoms with Gasteiger partial charge in [0, 0.05) is 23.2 Å². The fraction of sp³-hybridized carbons (Fsp3) is 0.0833. The van der Waals surface area contributed by atoms with Crippen molar-refractivity contribution in [1.29, 1.82) is 5.41 Å². The van der Waals surface area contributed by atoms with Crippen LogP contribution < -0.4 is 16.0 Å². The smallest absolute Gasteiger partial charge is 0.417 e. The van der Waals surface area contributed by atoms with E-state index >= 15 is 8.78 Å². The van der Waals surface area contributed by atoms with Crippen LogP contribution >= 0.6 is 0 Å². The number of ether oxygens (including phenoxy) is 1. The van der Waals surface area contributed by atoms with Crippen molar-refractivity contribution >= 4 is 5.69 Å². The molecule has 0 aliphatic carbocycles. The van der Waals surface area contributed by atoms with Crippen LogP contribution in [0.2, 0.25) is 0 Å². The Labute approximate surface area is 189 Å². The molecule has 1 unspecified atom stereocenters. The summed E-state index contributed by atoms with van der Waals surface area (Å²) in [6.07, 6.45) is -3.64. The molecule has 2 heterocycles. The Hall–Kier alpha value is -4.21. The van der Waals surface area contributed by atoms with E-state index in [1.807, 2.05) is 0 Å². The van der Waals surface area contributed by atoms with Gasteiger partial charge in [0.05, 0.1) is 23.0 Å². The zero-order chi connectivity index (χ0) is 24.2. The van der Waals surface area contributed by atoms with Crippen molar-refractivity contribution in [2.45, 2.75) is 12.1 Å². The van der Waals surface area contributed by atoms with E-state index in [1.54, 1.807) is 24.3 Å². The number of aromatic amines is 1. The summed E-state index contributed by atoms with van der Waals surface area (Å²) in [5.74, 6) is -3.80. The topological polar surface area (TPSA) is 87.8 Å². The van der Waals surface area contributed by atoms with Crippen molar-refractivity contribution in [1.82, 2.24) is 9.97 Å². The Morgan fingerprint density at radius 2 is 1.76 bits per heavy atom. The molecule has 0 amide bonds. The number of alkyl halides is 3. The summed E-state index contributed by atoms with van der Waals surface area (Å²) in [7, 11) is 0. The van der Waals surface area contributed by atoms with E-state index in [1.165, 1.54) is 12.4 Å². The molecule has 0 saturated heterocycles. The molecule has 10 heteroatoms. The van der Waals surface area contributed by atoms with Crippen LogP contribution in [-0.4, -0.2) is 9.97 Å². The number of halogens is 5. The normalized spacial score (nSPS) is 14.8. The Bertz CT molecular complexity index is 1500. The fourth-order valence-electron chi connectivity index (χ4n) is 4.24. The maximum absolute atomic E-state index is 16.1. The number of rotatable bonds is 2. The number of nitrogen functional groups attached to an aromatic ring is 1. The van der Waals surface area contributed by atoms with Crippen molar-refractivity contribution in [3.05, 3.63) is 100 Å². The van der Waals surface area contributed by atoms with Crippen LogP contribution in [0.1, 0.15) is 28.2 Å². The van der Waals surface area contributed by atoms with E-state index in [2.05, 4.69) is 9.97 Å². The third-order valence-electron chi connectivity index (χ3n) is 5.64. The summed E-state index contributed by atoms with van der Waals surface area (Å²) in [6.45, 7) is 0. The summed E-state index contributed by atoms with van der Waals surface area (Å²) in [4.78, 5) is 6.65. The molecule has 5 nitrogen and oxygen atoms in total. The lowest BCUT2D eigenvalue weighted by molar-refractivity contribution is -0.137. The van der Waals surface area contributed by atoms with Crippen LogP contribution in [0, 0.1) is 17.0 Å². The second kappa shape index (κ2) is 7.68. The van der Waals surface area contributed by atoms with Crippen LogP contribution in [0.15, 0.2) is 60.9 Å². The molecule has 0 spiro atoms. The number of fused-ring (bicyclic) bond motifs is 2. The average molecular weight is 470 g/mol. The summed E-state index contributed by atoms with van der Waals surface area (Å²) in [5.41, 5.74) is 3.80. The van der Waals surface area contributed by atoms with Gasteiger partial charge in [-0.3, -0.25) is 5.41 Å². The van der Waals surface area contributed by atoms with E-state index < -0.39 is 40.4 Å². The molecule has 0 bridgehead atoms. The second-order valence-electron chi connectivity index (χ2n) is 7.70. The summed E-state index contributed by atoms with van der Waals surface area (Å²) in [5, 5.41) is 8.32. The van der Waals surface area contributed by atoms with Crippen LogP contribution in [0.3, 0.4) is 0 Å². The molecule has 3 aromatic carbocycles. The quantitative estimate of drug-likeness (QED) is 0.228. The number of anilines is 1. The highest BCUT2D eigenvalue weighted by atomic mass is 19.4. The molecule has 0 saturated carbocycles. The van der Waals surface area contributed by atoms with Gasteiger partial charge in [0.15, 0.2) is 0 Å². The minimum atomic E-state index is -4.84. The van der Waals surface area contributed by atoms with E-state index in [-0.39, 0.29) is 28.2 Å². The Balaban J connectivity index is 1.85. The van der Waals surface area contributed by atoms with Gasteiger partial charge >= 0.3 is 6.18 Å². The van der Waals surface area contributed by atoms with Gasteiger partial charge in [0.2, 0.25) is 5.88 Å². The maximum Gasteiger partial charge on any atom is 0.417 e. The largest absolute Gasteiger partial charge is 0.438 e. The van der Waals surface area contributed by atoms with Gasteiger partial charge in [0.25, 0.3) is 0 Å². The van der Waals surface area contributed by atoms with E-state index in [0.29, 0.717) is 11.3 Å². The molecule has 4 aromatic rings. The predicted octanol–water partition coefficient (Wildman–Crippen LogP) is 5.72. The number of H-pyrrole nitrogens is 1. The third kappa shape index (κ3) is 3.38. The lowest BCUT2D eigenvalue weighted by Crippen LogP contribution is -2.25. The standard InChI is InChI=1S/C24H15F5N4O/c25-15-9-16-19(21(26)18(15)13-6-1-2-7-14(13)24(27,28)29)17(11-4-3-5-12(30)8-11)20-22(31)32-10-33-23(20)34-16/h1-10,17H,30H2,(H2,31,32,33). The number of benzene rings is 3. The van der Waals surface area contributed by atoms with Gasteiger partial charge in [-0.25, -0.2) is 13.8 Å². The van der Waals surface area contributed by atoms with Crippen molar-refractivity contribution in [3.63, 3.8) is 0 Å². The van der Waals surface area contributed by atoms with Gasteiger partial charge in [-0.2, -0.15) is 13.2 Å². The monoisotopic (exact) mass is 470 g/mol. The first-order chi connectivity index (χ1) is 16.2. The first kappa shape index (κ1) is 21.6. The molecular formula is C24H15F5N4O. The molecule has 0 fully saturated rings. The Morgan fingerprint density at radius 3 is 2.50 bits per heavy atom. The highest BCUT2D eigenvalue weighted by molar-refractivity contribution is 5.73. The molecule has 1 aliphatic heterocycles. The molecule has 34 heavy (non-hydrogen) atoms. The predicted molar refractivity (Wildman–Crippen MR) is 113 cm³/mol. The molecular weight excluding hydrogens is 455 g/mol. The van der Waals surface area contributed by atoms with Gasteiger partial charge < -0.3 is 15.5 Å². The van der Waals surface area contributed by atoms with Gasteiger partial charge in [-0.15, -0.1) is 0 Å². The molecule has 1 aliphatic rings. The summed E-state index contributed by atoms with van der Waals surface area (Å²) >= 11 is 0. The third-order valence-corrected chi connectivity index (χ3v) is 5.64. The molecule has 0 radical (unpaired) electrons. The average Bonchev–Trinajstić information content (AvgIpc) is 2.77. The number of nitrogens with two attached hydrogens (primary N) is 1. The van der Waals surface area contributed by atoms with Crippen molar-refractivity contribution in [3.8, 4) is 22.8 Å². The first-order valence-electron chi connectivity index (χ1n) is 10.0. The number of nitrogens with one attached hydrogen (secondary N) is 2. The molecule has 1 aromatic heterocycles. The molecule has 172 valence electrons. The minimum Gasteiger partial charge on any atom is -0.438 e. The zero-order valence-electron chi connectivity index (χ0n) is 17.2. The number of hydrogen-bond acceptors (Lipinski definition) is 4. The van der Waals surface area contributed by atoms with E-state index in [0.717, 1.165) is 24.3 Å². The summed E-state index contributed by atoms with van der Waals surface area (Å²) in [6, 6.07) is 11.4. The highest BCUT2D eigenvalue weighted by Crippen LogP contribution is 2.50. The van der Waals surface area contributed by atoms with E-state index in [9.17, 15) is 13.2 Å². The lowest BCUT2D eigenvalue weighted by Gasteiger charge is -2.29. The van der Waals surface area contributed by atoms with Gasteiger partial charge in [-0.1, -0.05) is 30.3 Å². The fourth-order valence-corrected chi connectivity index (χ4v) is 4.24. The zero-order valence-corrected chi connectivity index (χ0v) is 17.2. The van der Waals surface area contributed by atoms with Crippen LogP contribution in [0.5, 0.6) is 11.6 Å². The van der Waals surface area contributed by atoms with Crippen LogP contribution in [0.25, 0.3) is 11.1 Å². The van der Waals surface area contributed by atoms with Crippen LogP contribution in [0.4, 0.5) is 27.6 Å². The van der Waals surface area contributed by atoms with Crippen LogP contribution in [-0.2, 0) is 6.18 Å². The number of aromatic nitrogens is 2. The minimum absolute atomic E-state index is 0.0501. The molecule has 5 rings (SSSR count). The Kier molecular flexibility index (Phi) is 4.89.